The molecule has 2 aliphatic heterocycles. The summed E-state index contributed by atoms with van der Waals surface area (Å²) in [7, 11) is 0. The average molecular weight is 561 g/mol. The average Bonchev–Trinajstić information content (AvgIpc) is 3.17. The number of hydrogen-bond acceptors (Lipinski definition) is 4. The zero-order valence-electron chi connectivity index (χ0n) is 16.9. The molecule has 152 valence electrons. The van der Waals surface area contributed by atoms with E-state index in [0.717, 1.165) is 23.0 Å². The maximum absolute atomic E-state index is 5.38. The van der Waals surface area contributed by atoms with Crippen molar-refractivity contribution in [1.29, 1.82) is 0 Å². The van der Waals surface area contributed by atoms with Gasteiger partial charge in [0, 0.05) is 21.1 Å². The second kappa shape index (κ2) is 11.5. The minimum atomic E-state index is 0. The van der Waals surface area contributed by atoms with Gasteiger partial charge in [-0.1, -0.05) is 19.1 Å². The Balaban J connectivity index is 0.000000156. The molecule has 5 rings (SSSR count). The number of fused-ring (bicyclic) bond motifs is 2. The number of hydrogen-bond donors (Lipinski definition) is 0. The van der Waals surface area contributed by atoms with Gasteiger partial charge in [0.15, 0.2) is 23.0 Å². The molecule has 2 heterocycles. The van der Waals surface area contributed by atoms with Crippen molar-refractivity contribution < 1.29 is 40.0 Å². The molecule has 0 unspecified atom stereocenters. The van der Waals surface area contributed by atoms with Crippen LogP contribution in [-0.4, -0.2) is 20.0 Å². The fraction of sp³-hybridized carbons (Fsp3) is 0.250. The number of aryl methyl sites for hydroxylation is 3. The summed E-state index contributed by atoms with van der Waals surface area (Å²) in [6, 6.07) is 22.7. The third-order valence-corrected chi connectivity index (χ3v) is 4.11. The van der Waals surface area contributed by atoms with E-state index in [4.69, 9.17) is 18.9 Å². The molecule has 0 N–H and O–H groups in total. The molecule has 0 fully saturated rings. The number of rotatable bonds is 0. The van der Waals surface area contributed by atoms with Gasteiger partial charge in [-0.05, 0) is 49.2 Å². The first kappa shape index (κ1) is 22.8. The van der Waals surface area contributed by atoms with Crippen LogP contribution < -0.4 is 18.9 Å². The number of benzene rings is 3. The van der Waals surface area contributed by atoms with Gasteiger partial charge in [0.05, 0.1) is 0 Å². The largest absolute Gasteiger partial charge is 0.486 e. The second-order valence-electron chi connectivity index (χ2n) is 6.58. The van der Waals surface area contributed by atoms with Crippen molar-refractivity contribution in [3.8, 4) is 23.0 Å². The predicted molar refractivity (Wildman–Crippen MR) is 109 cm³/mol. The Morgan fingerprint density at radius 2 is 1.07 bits per heavy atom. The van der Waals surface area contributed by atoms with Crippen LogP contribution in [0.5, 0.6) is 23.0 Å². The maximum Gasteiger partial charge on any atom is 0.231 e. The van der Waals surface area contributed by atoms with E-state index in [0.29, 0.717) is 20.0 Å². The molecule has 0 atom stereocenters. The van der Waals surface area contributed by atoms with Crippen LogP contribution in [0.3, 0.4) is 0 Å². The molecule has 0 amide bonds. The van der Waals surface area contributed by atoms with Crippen LogP contribution >= 0.6 is 0 Å². The Morgan fingerprint density at radius 1 is 0.586 bits per heavy atom. The minimum Gasteiger partial charge on any atom is -0.486 e. The van der Waals surface area contributed by atoms with E-state index in [1.54, 1.807) is 0 Å². The summed E-state index contributed by atoms with van der Waals surface area (Å²) in [5.41, 5.74) is 3.69. The summed E-state index contributed by atoms with van der Waals surface area (Å²) in [5, 5.41) is 0. The molecular formula is C24H25O4W-. The van der Waals surface area contributed by atoms with Crippen molar-refractivity contribution in [3.05, 3.63) is 83.4 Å². The van der Waals surface area contributed by atoms with Gasteiger partial charge in [-0.2, -0.15) is 35.9 Å². The van der Waals surface area contributed by atoms with E-state index in [1.165, 1.54) is 16.7 Å². The summed E-state index contributed by atoms with van der Waals surface area (Å²) < 4.78 is 21.0. The first-order valence-corrected chi connectivity index (χ1v) is 9.27. The van der Waals surface area contributed by atoms with Crippen molar-refractivity contribution in [2.24, 2.45) is 0 Å². The van der Waals surface area contributed by atoms with Gasteiger partial charge in [0.1, 0.15) is 13.2 Å². The van der Waals surface area contributed by atoms with Crippen LogP contribution in [0, 0.1) is 26.8 Å². The molecule has 29 heavy (non-hydrogen) atoms. The van der Waals surface area contributed by atoms with Gasteiger partial charge in [-0.3, -0.25) is 0 Å². The monoisotopic (exact) mass is 561 g/mol. The summed E-state index contributed by atoms with van der Waals surface area (Å²) >= 11 is 0. The van der Waals surface area contributed by atoms with E-state index in [1.807, 2.05) is 74.5 Å². The summed E-state index contributed by atoms with van der Waals surface area (Å²) in [6.07, 6.45) is 0. The predicted octanol–water partition coefficient (Wildman–Crippen LogP) is 5.28. The van der Waals surface area contributed by atoms with Gasteiger partial charge in [-0.25, -0.2) is 0 Å². The van der Waals surface area contributed by atoms with Crippen molar-refractivity contribution in [2.45, 2.75) is 20.8 Å². The molecular weight excluding hydrogens is 536 g/mol. The molecule has 3 aromatic rings. The normalized spacial score (nSPS) is 12.4. The molecule has 0 radical (unpaired) electrons. The molecule has 0 saturated carbocycles. The first-order chi connectivity index (χ1) is 13.6. The van der Waals surface area contributed by atoms with Crippen molar-refractivity contribution in [1.82, 2.24) is 0 Å². The fourth-order valence-corrected chi connectivity index (χ4v) is 2.62. The Kier molecular flexibility index (Phi) is 9.07. The Hall–Kier alpha value is -2.45. The second-order valence-corrected chi connectivity index (χ2v) is 6.58. The van der Waals surface area contributed by atoms with Crippen LogP contribution in [0.4, 0.5) is 0 Å². The van der Waals surface area contributed by atoms with E-state index in [-0.39, 0.29) is 21.1 Å². The van der Waals surface area contributed by atoms with Crippen LogP contribution in [-0.2, 0) is 21.1 Å². The molecule has 4 nitrogen and oxygen atoms in total. The maximum atomic E-state index is 5.38. The van der Waals surface area contributed by atoms with Crippen molar-refractivity contribution in [2.75, 3.05) is 20.0 Å². The van der Waals surface area contributed by atoms with E-state index >= 15 is 0 Å². The quantitative estimate of drug-likeness (QED) is 0.350. The van der Waals surface area contributed by atoms with Gasteiger partial charge in [0.25, 0.3) is 0 Å². The molecule has 3 aromatic carbocycles. The molecule has 0 bridgehead atoms. The van der Waals surface area contributed by atoms with Crippen molar-refractivity contribution >= 4 is 0 Å². The Bertz CT molecular complexity index is 897. The molecule has 0 aromatic heterocycles. The zero-order valence-corrected chi connectivity index (χ0v) is 19.9. The number of ether oxygens (including phenoxy) is 4. The Morgan fingerprint density at radius 3 is 1.62 bits per heavy atom. The molecule has 2 aliphatic rings. The van der Waals surface area contributed by atoms with E-state index < -0.39 is 0 Å². The topological polar surface area (TPSA) is 36.9 Å². The van der Waals surface area contributed by atoms with Gasteiger partial charge >= 0.3 is 0 Å². The Labute approximate surface area is 187 Å². The molecule has 0 aliphatic carbocycles. The molecule has 0 saturated heterocycles. The van der Waals surface area contributed by atoms with Crippen LogP contribution in [0.1, 0.15) is 16.7 Å². The minimum absolute atomic E-state index is 0. The summed E-state index contributed by atoms with van der Waals surface area (Å²) in [4.78, 5) is 0. The van der Waals surface area contributed by atoms with Gasteiger partial charge in [0.2, 0.25) is 6.79 Å². The third kappa shape index (κ3) is 7.14. The fourth-order valence-electron chi connectivity index (χ4n) is 2.62. The van der Waals surface area contributed by atoms with Gasteiger partial charge < -0.3 is 18.9 Å². The van der Waals surface area contributed by atoms with Crippen LogP contribution in [0.25, 0.3) is 0 Å². The van der Waals surface area contributed by atoms with Crippen molar-refractivity contribution in [3.63, 3.8) is 0 Å². The summed E-state index contributed by atoms with van der Waals surface area (Å²) in [6.45, 7) is 7.82. The standard InChI is InChI=1S/C9H10O2.C8H8O2.C7H7.W/c1-7-2-3-8-9(6-7)11-5-4-10-8;1-6-2-3-7-8(4-6)10-5-9-7;1-7-5-3-2-4-6-7;/h2-3,6H,4-5H2,1H3;2-4H,5H2,1H3;3-6H,1H3;/q;;-1;. The van der Waals surface area contributed by atoms with Gasteiger partial charge in [-0.15, -0.1) is 0 Å². The SMILES string of the molecule is Cc1cc[c-]cc1.Cc1ccc2c(c1)OCCO2.Cc1ccc2c(c1)OCO2.[W]. The first-order valence-electron chi connectivity index (χ1n) is 9.27. The zero-order chi connectivity index (χ0) is 19.8. The van der Waals surface area contributed by atoms with E-state index in [9.17, 15) is 0 Å². The van der Waals surface area contributed by atoms with Crippen LogP contribution in [0.15, 0.2) is 60.7 Å². The molecule has 0 spiro atoms. The summed E-state index contributed by atoms with van der Waals surface area (Å²) in [5.74, 6) is 3.45. The third-order valence-electron chi connectivity index (χ3n) is 4.11. The van der Waals surface area contributed by atoms with E-state index in [2.05, 4.69) is 13.0 Å². The smallest absolute Gasteiger partial charge is 0.231 e. The van der Waals surface area contributed by atoms with Crippen LogP contribution in [0.2, 0.25) is 0 Å². The molecule has 5 heteroatoms.